The van der Waals surface area contributed by atoms with Gasteiger partial charge in [-0.1, -0.05) is 23.7 Å². The molecule has 1 aliphatic heterocycles. The average molecular weight is 410 g/mol. The fourth-order valence-corrected chi connectivity index (χ4v) is 4.77. The van der Waals surface area contributed by atoms with Crippen molar-refractivity contribution in [2.45, 2.75) is 56.7 Å². The van der Waals surface area contributed by atoms with E-state index in [4.69, 9.17) is 16.3 Å². The Bertz CT molecular complexity index is 869. The fraction of sp³-hybridized carbons (Fsp3) is 0.526. The number of hydrogen-bond donors (Lipinski definition) is 0. The molecule has 1 amide bonds. The van der Waals surface area contributed by atoms with Crippen molar-refractivity contribution in [1.29, 1.82) is 0 Å². The van der Waals surface area contributed by atoms with Gasteiger partial charge in [-0.3, -0.25) is 4.21 Å². The van der Waals surface area contributed by atoms with Crippen LogP contribution < -0.4 is 0 Å². The Morgan fingerprint density at radius 3 is 2.59 bits per heavy atom. The number of ether oxygens (including phenoxy) is 1. The van der Waals surface area contributed by atoms with Gasteiger partial charge in [-0.2, -0.15) is 0 Å². The summed E-state index contributed by atoms with van der Waals surface area (Å²) in [5.74, 6) is 0.270. The maximum absolute atomic E-state index is 13.0. The Hall–Kier alpha value is -1.73. The molecular formula is C19H24ClN3O3S. The van der Waals surface area contributed by atoms with Gasteiger partial charge in [0, 0.05) is 12.6 Å². The molecule has 8 heteroatoms. The lowest BCUT2D eigenvalue weighted by atomic mass is 10.0. The molecule has 0 unspecified atom stereocenters. The highest BCUT2D eigenvalue weighted by atomic mass is 35.5. The number of aromatic nitrogens is 2. The molecule has 2 aromatic rings. The van der Waals surface area contributed by atoms with Crippen molar-refractivity contribution >= 4 is 39.5 Å². The van der Waals surface area contributed by atoms with Gasteiger partial charge in [-0.25, -0.2) is 14.8 Å². The Morgan fingerprint density at radius 1 is 1.26 bits per heavy atom. The van der Waals surface area contributed by atoms with Crippen LogP contribution in [0, 0.1) is 0 Å². The molecule has 0 aliphatic carbocycles. The lowest BCUT2D eigenvalue weighted by Gasteiger charge is -2.36. The Labute approximate surface area is 166 Å². The van der Waals surface area contributed by atoms with Crippen LogP contribution in [0.5, 0.6) is 0 Å². The molecule has 1 aromatic carbocycles. The molecular weight excluding hydrogens is 386 g/mol. The van der Waals surface area contributed by atoms with Gasteiger partial charge in [-0.15, -0.1) is 0 Å². The lowest BCUT2D eigenvalue weighted by molar-refractivity contribution is 0.0125. The second-order valence-corrected chi connectivity index (χ2v) is 9.41. The minimum absolute atomic E-state index is 0.145. The van der Waals surface area contributed by atoms with Crippen LogP contribution in [-0.2, 0) is 15.5 Å². The molecule has 1 fully saturated rings. The van der Waals surface area contributed by atoms with E-state index < -0.39 is 16.4 Å². The third-order valence-electron chi connectivity index (χ3n) is 4.31. The molecule has 1 aromatic heterocycles. The Kier molecular flexibility index (Phi) is 6.01. The molecule has 146 valence electrons. The monoisotopic (exact) mass is 409 g/mol. The summed E-state index contributed by atoms with van der Waals surface area (Å²) in [5.41, 5.74) is 0.750. The summed E-state index contributed by atoms with van der Waals surface area (Å²) >= 11 is 6.23. The van der Waals surface area contributed by atoms with E-state index in [1.54, 1.807) is 4.90 Å². The van der Waals surface area contributed by atoms with E-state index >= 15 is 0 Å². The number of carbonyl (C=O) groups is 1. The van der Waals surface area contributed by atoms with Crippen molar-refractivity contribution < 1.29 is 13.7 Å². The smallest absolute Gasteiger partial charge is 0.410 e. The number of para-hydroxylation sites is 2. The minimum atomic E-state index is -1.46. The van der Waals surface area contributed by atoms with E-state index in [9.17, 15) is 9.00 Å². The van der Waals surface area contributed by atoms with Crippen LogP contribution in [-0.4, -0.2) is 49.1 Å². The molecule has 0 saturated carbocycles. The van der Waals surface area contributed by atoms with Gasteiger partial charge in [0.1, 0.15) is 5.60 Å². The summed E-state index contributed by atoms with van der Waals surface area (Å²) in [5, 5.41) is 0.414. The van der Waals surface area contributed by atoms with Crippen LogP contribution >= 0.6 is 11.6 Å². The molecule has 27 heavy (non-hydrogen) atoms. The lowest BCUT2D eigenvalue weighted by Crippen LogP contribution is -2.48. The number of piperidine rings is 1. The first-order chi connectivity index (χ1) is 12.7. The first kappa shape index (κ1) is 20.0. The number of carbonyl (C=O) groups excluding carboxylic acids is 1. The summed E-state index contributed by atoms with van der Waals surface area (Å²) in [7, 11) is -1.46. The van der Waals surface area contributed by atoms with Crippen molar-refractivity contribution in [2.24, 2.45) is 0 Å². The van der Waals surface area contributed by atoms with Gasteiger partial charge in [-0.05, 0) is 52.2 Å². The number of amides is 1. The predicted octanol–water partition coefficient (Wildman–Crippen LogP) is 4.18. The zero-order chi connectivity index (χ0) is 19.6. The molecule has 6 nitrogen and oxygen atoms in total. The summed E-state index contributed by atoms with van der Waals surface area (Å²) in [6.45, 7) is 6.12. The third kappa shape index (κ3) is 4.96. The van der Waals surface area contributed by atoms with Gasteiger partial charge in [0.2, 0.25) is 0 Å². The fourth-order valence-electron chi connectivity index (χ4n) is 3.10. The Morgan fingerprint density at radius 2 is 1.93 bits per heavy atom. The molecule has 2 heterocycles. The number of rotatable bonds is 3. The molecule has 0 radical (unpaired) electrons. The second-order valence-electron chi connectivity index (χ2n) is 7.64. The number of benzene rings is 1. The van der Waals surface area contributed by atoms with Crippen LogP contribution in [0.25, 0.3) is 11.0 Å². The number of nitrogens with zero attached hydrogens (tertiary/aromatic N) is 3. The van der Waals surface area contributed by atoms with Crippen LogP contribution in [0.15, 0.2) is 29.3 Å². The maximum Gasteiger partial charge on any atom is 0.410 e. The SMILES string of the molecule is CC(C)(C)OC(=O)N1CCCC[C@@H]1C[S@@](=O)c1nc2ccccc2nc1Cl. The highest BCUT2D eigenvalue weighted by molar-refractivity contribution is 7.85. The van der Waals surface area contributed by atoms with Gasteiger partial charge in [0.25, 0.3) is 0 Å². The van der Waals surface area contributed by atoms with Crippen LogP contribution in [0.4, 0.5) is 4.79 Å². The Balaban J connectivity index is 1.79. The minimum Gasteiger partial charge on any atom is -0.444 e. The van der Waals surface area contributed by atoms with Crippen molar-refractivity contribution in [3.05, 3.63) is 29.4 Å². The first-order valence-electron chi connectivity index (χ1n) is 9.05. The quantitative estimate of drug-likeness (QED) is 0.760. The van der Waals surface area contributed by atoms with E-state index in [-0.39, 0.29) is 28.1 Å². The first-order valence-corrected chi connectivity index (χ1v) is 10.7. The molecule has 1 saturated heterocycles. The van der Waals surface area contributed by atoms with E-state index in [1.165, 1.54) is 0 Å². The van der Waals surface area contributed by atoms with Crippen molar-refractivity contribution in [1.82, 2.24) is 14.9 Å². The zero-order valence-electron chi connectivity index (χ0n) is 15.8. The van der Waals surface area contributed by atoms with Gasteiger partial charge in [0.05, 0.1) is 27.6 Å². The topological polar surface area (TPSA) is 72.4 Å². The van der Waals surface area contributed by atoms with Crippen LogP contribution in [0.1, 0.15) is 40.0 Å². The largest absolute Gasteiger partial charge is 0.444 e. The molecule has 2 atom stereocenters. The van der Waals surface area contributed by atoms with Crippen LogP contribution in [0.2, 0.25) is 5.15 Å². The summed E-state index contributed by atoms with van der Waals surface area (Å²) in [6.07, 6.45) is 2.32. The van der Waals surface area contributed by atoms with Crippen LogP contribution in [0.3, 0.4) is 0 Å². The number of halogens is 1. The van der Waals surface area contributed by atoms with E-state index in [2.05, 4.69) is 9.97 Å². The summed E-state index contributed by atoms with van der Waals surface area (Å²) < 4.78 is 18.5. The van der Waals surface area contributed by atoms with Crippen molar-refractivity contribution in [2.75, 3.05) is 12.3 Å². The van der Waals surface area contributed by atoms with Gasteiger partial charge >= 0.3 is 6.09 Å². The molecule has 0 N–H and O–H groups in total. The number of hydrogen-bond acceptors (Lipinski definition) is 5. The van der Waals surface area contributed by atoms with E-state index in [0.29, 0.717) is 17.6 Å². The maximum atomic E-state index is 13.0. The highest BCUT2D eigenvalue weighted by Crippen LogP contribution is 2.25. The normalized spacial score (nSPS) is 19.1. The second kappa shape index (κ2) is 8.10. The highest BCUT2D eigenvalue weighted by Gasteiger charge is 2.32. The van der Waals surface area contributed by atoms with E-state index in [1.807, 2.05) is 45.0 Å². The average Bonchev–Trinajstić information content (AvgIpc) is 2.60. The van der Waals surface area contributed by atoms with Crippen molar-refractivity contribution in [3.8, 4) is 0 Å². The predicted molar refractivity (Wildman–Crippen MR) is 106 cm³/mol. The third-order valence-corrected chi connectivity index (χ3v) is 6.09. The van der Waals surface area contributed by atoms with Gasteiger partial charge < -0.3 is 9.64 Å². The van der Waals surface area contributed by atoms with E-state index in [0.717, 1.165) is 19.3 Å². The van der Waals surface area contributed by atoms with Crippen molar-refractivity contribution in [3.63, 3.8) is 0 Å². The molecule has 0 bridgehead atoms. The standard InChI is InChI=1S/C19H24ClN3O3S/c1-19(2,3)26-18(24)23-11-7-6-8-13(23)12-27(25)17-16(20)21-14-9-4-5-10-15(14)22-17/h4-5,9-10,13H,6-8,11-12H2,1-3H3/t13-,27-/m1/s1. The zero-order valence-corrected chi connectivity index (χ0v) is 17.3. The molecule has 3 rings (SSSR count). The summed E-state index contributed by atoms with van der Waals surface area (Å²) in [6, 6.07) is 7.16. The summed E-state index contributed by atoms with van der Waals surface area (Å²) in [4.78, 5) is 23.0. The molecule has 1 aliphatic rings. The number of likely N-dealkylation sites (tertiary alicyclic amines) is 1. The van der Waals surface area contributed by atoms with Gasteiger partial charge in [0.15, 0.2) is 10.2 Å². The molecule has 0 spiro atoms. The number of fused-ring (bicyclic) bond motifs is 1.